The molecular weight excluding hydrogens is 465 g/mol. The van der Waals surface area contributed by atoms with Crippen molar-refractivity contribution >= 4 is 29.4 Å². The number of carbonyl (C=O) groups excluding carboxylic acids is 2. The maximum absolute atomic E-state index is 14.0. The summed E-state index contributed by atoms with van der Waals surface area (Å²) in [5.74, 6) is -0.421. The van der Waals surface area contributed by atoms with Crippen LogP contribution in [0.4, 0.5) is 23.7 Å². The fourth-order valence-electron chi connectivity index (χ4n) is 5.73. The predicted octanol–water partition coefficient (Wildman–Crippen LogP) is 5.29. The lowest BCUT2D eigenvalue weighted by Crippen LogP contribution is -2.75. The van der Waals surface area contributed by atoms with Crippen molar-refractivity contribution in [3.8, 4) is 0 Å². The Morgan fingerprint density at radius 2 is 1.65 bits per heavy atom. The molecule has 10 heteroatoms. The minimum absolute atomic E-state index is 0.00821. The van der Waals surface area contributed by atoms with Crippen molar-refractivity contribution in [3.05, 3.63) is 54.4 Å². The third kappa shape index (κ3) is 3.91. The lowest BCUT2D eigenvalue weighted by molar-refractivity contribution is -0.135. The molecule has 1 aliphatic heterocycles. The van der Waals surface area contributed by atoms with Gasteiger partial charge in [0.2, 0.25) is 5.66 Å². The zero-order valence-electron chi connectivity index (χ0n) is 19.1. The Labute approximate surface area is 200 Å². The second-order valence-corrected chi connectivity index (χ2v) is 9.95. The van der Waals surface area contributed by atoms with Gasteiger partial charge in [0.15, 0.2) is 5.69 Å². The number of hydrogen-bond donors (Lipinski definition) is 2. The molecule has 0 spiro atoms. The maximum Gasteiger partial charge on any atom is 0.446 e. The van der Waals surface area contributed by atoms with Crippen molar-refractivity contribution in [1.29, 1.82) is 0 Å². The monoisotopic (exact) mass is 493 g/mol. The molecule has 1 saturated heterocycles. The van der Waals surface area contributed by atoms with Crippen molar-refractivity contribution in [3.63, 3.8) is 0 Å². The summed E-state index contributed by atoms with van der Waals surface area (Å²) in [7, 11) is 1.74. The van der Waals surface area contributed by atoms with E-state index in [-0.39, 0.29) is 28.5 Å². The Kier molecular flexibility index (Phi) is 6.76. The van der Waals surface area contributed by atoms with E-state index >= 15 is 0 Å². The molecule has 3 atom stereocenters. The summed E-state index contributed by atoms with van der Waals surface area (Å²) in [6.45, 7) is 1.64. The molecule has 2 aromatic rings. The van der Waals surface area contributed by atoms with Crippen LogP contribution >= 0.6 is 11.8 Å². The van der Waals surface area contributed by atoms with E-state index in [1.54, 1.807) is 26.4 Å². The van der Waals surface area contributed by atoms with Crippen LogP contribution < -0.4 is 15.1 Å². The smallest absolute Gasteiger partial charge is 0.289 e. The Hall–Kier alpha value is -2.43. The number of halogens is 3. The lowest BCUT2D eigenvalue weighted by atomic mass is 9.73. The molecule has 2 N–H and O–H groups in total. The van der Waals surface area contributed by atoms with Crippen LogP contribution in [0.3, 0.4) is 0 Å². The van der Waals surface area contributed by atoms with E-state index in [4.69, 9.17) is 0 Å². The van der Waals surface area contributed by atoms with E-state index in [0.29, 0.717) is 5.69 Å². The third-order valence-electron chi connectivity index (χ3n) is 7.03. The van der Waals surface area contributed by atoms with Gasteiger partial charge in [-0.2, -0.15) is 13.2 Å². The SMILES string of the molecule is CNC(c1ccncc1)(C1CCCCC1)[N+]1(c2ccc(SC(F)(F)F)cc2)C(=O)NC(C)C1=O. The highest BCUT2D eigenvalue weighted by Crippen LogP contribution is 2.51. The summed E-state index contributed by atoms with van der Waals surface area (Å²) in [6.07, 6.45) is 7.88. The van der Waals surface area contributed by atoms with E-state index in [0.717, 1.165) is 37.7 Å². The molecule has 2 aliphatic rings. The number of nitrogens with one attached hydrogen (secondary N) is 2. The Morgan fingerprint density at radius 1 is 1.03 bits per heavy atom. The normalized spacial score (nSPS) is 25.7. The van der Waals surface area contributed by atoms with E-state index in [2.05, 4.69) is 15.6 Å². The highest BCUT2D eigenvalue weighted by Gasteiger charge is 2.70. The van der Waals surface area contributed by atoms with Gasteiger partial charge < -0.3 is 0 Å². The molecule has 2 heterocycles. The molecular formula is C24H28F3N4O2S+. The molecule has 34 heavy (non-hydrogen) atoms. The largest absolute Gasteiger partial charge is 0.446 e. The van der Waals surface area contributed by atoms with Crippen LogP contribution in [0.2, 0.25) is 0 Å². The Balaban J connectivity index is 1.98. The molecule has 1 aromatic heterocycles. The first-order chi connectivity index (χ1) is 16.2. The number of rotatable bonds is 6. The molecule has 3 amide bonds. The number of benzene rings is 1. The third-order valence-corrected chi connectivity index (χ3v) is 7.77. The van der Waals surface area contributed by atoms with Gasteiger partial charge in [0.25, 0.3) is 0 Å². The number of imide groups is 1. The van der Waals surface area contributed by atoms with Gasteiger partial charge in [-0.3, -0.25) is 15.6 Å². The van der Waals surface area contributed by atoms with Crippen LogP contribution in [0.25, 0.3) is 0 Å². The van der Waals surface area contributed by atoms with E-state index in [1.807, 2.05) is 12.1 Å². The van der Waals surface area contributed by atoms with Crippen LogP contribution in [-0.4, -0.2) is 35.5 Å². The summed E-state index contributed by atoms with van der Waals surface area (Å²) in [6, 6.07) is 7.96. The minimum Gasteiger partial charge on any atom is -0.289 e. The molecule has 0 bridgehead atoms. The first-order valence-electron chi connectivity index (χ1n) is 11.4. The van der Waals surface area contributed by atoms with Gasteiger partial charge in [-0.25, -0.2) is 9.59 Å². The number of nitrogens with zero attached hydrogens (tertiary/aromatic N) is 2. The number of thioether (sulfide) groups is 1. The second kappa shape index (κ2) is 9.31. The van der Waals surface area contributed by atoms with Gasteiger partial charge in [0.05, 0.1) is 0 Å². The zero-order valence-corrected chi connectivity index (χ0v) is 19.9. The lowest BCUT2D eigenvalue weighted by Gasteiger charge is -2.50. The van der Waals surface area contributed by atoms with Gasteiger partial charge in [0, 0.05) is 40.9 Å². The van der Waals surface area contributed by atoms with Gasteiger partial charge in [-0.15, -0.1) is 4.48 Å². The molecule has 182 valence electrons. The Morgan fingerprint density at radius 3 is 2.15 bits per heavy atom. The highest BCUT2D eigenvalue weighted by atomic mass is 32.2. The van der Waals surface area contributed by atoms with Crippen LogP contribution in [0, 0.1) is 5.92 Å². The topological polar surface area (TPSA) is 71.1 Å². The number of pyridine rings is 1. The number of alkyl halides is 3. The predicted molar refractivity (Wildman–Crippen MR) is 125 cm³/mol. The number of amides is 3. The average molecular weight is 494 g/mol. The average Bonchev–Trinajstić information content (AvgIpc) is 3.05. The standard InChI is InChI=1S/C24H27F3N4O2S/c1-16-21(32)31(22(33)30-16,19-8-10-20(11-9-19)34-24(25,26)27)23(28-2,17-6-4-3-5-7-17)18-12-14-29-15-13-18/h8-17,28H,3-7H2,1-2H3/p+1. The zero-order chi connectivity index (χ0) is 24.6. The fraction of sp³-hybridized carbons (Fsp3) is 0.458. The summed E-state index contributed by atoms with van der Waals surface area (Å²) < 4.78 is 38.1. The molecule has 1 saturated carbocycles. The number of hydrogen-bond acceptors (Lipinski definition) is 5. The fourth-order valence-corrected chi connectivity index (χ4v) is 6.27. The molecule has 3 unspecified atom stereocenters. The number of aromatic nitrogens is 1. The van der Waals surface area contributed by atoms with Gasteiger partial charge in [-0.1, -0.05) is 19.3 Å². The number of carbonyl (C=O) groups is 2. The molecule has 6 nitrogen and oxygen atoms in total. The molecule has 4 rings (SSSR count). The summed E-state index contributed by atoms with van der Waals surface area (Å²) >= 11 is -0.226. The van der Waals surface area contributed by atoms with Crippen molar-refractivity contribution in [2.45, 2.75) is 61.1 Å². The summed E-state index contributed by atoms with van der Waals surface area (Å²) in [5.41, 5.74) is -4.52. The van der Waals surface area contributed by atoms with Crippen LogP contribution in [0.5, 0.6) is 0 Å². The Bertz CT molecular complexity index is 1040. The quantitative estimate of drug-likeness (QED) is 0.325. The first kappa shape index (κ1) is 24.7. The van der Waals surface area contributed by atoms with Gasteiger partial charge in [-0.05, 0) is 62.8 Å². The number of quaternary nitrogens is 1. The van der Waals surface area contributed by atoms with Crippen molar-refractivity contribution < 1.29 is 22.8 Å². The number of urea groups is 1. The van der Waals surface area contributed by atoms with Crippen molar-refractivity contribution in [2.24, 2.45) is 5.92 Å². The van der Waals surface area contributed by atoms with Crippen LogP contribution in [-0.2, 0) is 10.5 Å². The van der Waals surface area contributed by atoms with E-state index < -0.39 is 27.7 Å². The highest BCUT2D eigenvalue weighted by molar-refractivity contribution is 8.00. The molecule has 1 aliphatic carbocycles. The first-order valence-corrected chi connectivity index (χ1v) is 12.2. The minimum atomic E-state index is -4.43. The van der Waals surface area contributed by atoms with Crippen molar-refractivity contribution in [2.75, 3.05) is 7.05 Å². The molecule has 2 fully saturated rings. The van der Waals surface area contributed by atoms with Gasteiger partial charge >= 0.3 is 17.4 Å². The van der Waals surface area contributed by atoms with Crippen LogP contribution in [0.1, 0.15) is 44.6 Å². The molecule has 1 aromatic carbocycles. The molecule has 0 radical (unpaired) electrons. The van der Waals surface area contributed by atoms with Crippen molar-refractivity contribution in [1.82, 2.24) is 20.1 Å². The second-order valence-electron chi connectivity index (χ2n) is 8.81. The van der Waals surface area contributed by atoms with Crippen LogP contribution in [0.15, 0.2) is 53.7 Å². The van der Waals surface area contributed by atoms with E-state index in [1.165, 1.54) is 24.3 Å². The summed E-state index contributed by atoms with van der Waals surface area (Å²) in [4.78, 5) is 32.0. The maximum atomic E-state index is 14.0. The summed E-state index contributed by atoms with van der Waals surface area (Å²) in [5, 5.41) is 6.19. The van der Waals surface area contributed by atoms with Gasteiger partial charge in [0.1, 0.15) is 6.04 Å². The van der Waals surface area contributed by atoms with E-state index in [9.17, 15) is 22.8 Å².